The second kappa shape index (κ2) is 9.93. The third kappa shape index (κ3) is 5.58. The van der Waals surface area contributed by atoms with Crippen molar-refractivity contribution in [2.24, 2.45) is 0 Å². The largest absolute Gasteiger partial charge is 0.466 e. The SMILES string of the molecule is COC(=O)/C=C(/Nc1ccccc1C(=O)NNc1c(C)cccc1C)C(=O)OC. The van der Waals surface area contributed by atoms with Gasteiger partial charge in [-0.15, -0.1) is 0 Å². The van der Waals surface area contributed by atoms with E-state index in [1.165, 1.54) is 14.2 Å². The first kappa shape index (κ1) is 21.5. The van der Waals surface area contributed by atoms with Crippen molar-refractivity contribution in [2.75, 3.05) is 25.0 Å². The van der Waals surface area contributed by atoms with Crippen LogP contribution in [-0.2, 0) is 19.1 Å². The van der Waals surface area contributed by atoms with Crippen LogP contribution >= 0.6 is 0 Å². The first-order chi connectivity index (χ1) is 13.9. The number of methoxy groups -OCH3 is 2. The van der Waals surface area contributed by atoms with E-state index in [1.807, 2.05) is 32.0 Å². The summed E-state index contributed by atoms with van der Waals surface area (Å²) in [5.41, 5.74) is 8.74. The third-order valence-corrected chi connectivity index (χ3v) is 4.09. The number of rotatable bonds is 7. The van der Waals surface area contributed by atoms with E-state index in [4.69, 9.17) is 0 Å². The second-order valence-electron chi connectivity index (χ2n) is 6.09. The van der Waals surface area contributed by atoms with E-state index in [9.17, 15) is 14.4 Å². The number of carbonyl (C=O) groups excluding carboxylic acids is 3. The van der Waals surface area contributed by atoms with Crippen LogP contribution in [0.2, 0.25) is 0 Å². The Bertz CT molecular complexity index is 933. The topological polar surface area (TPSA) is 106 Å². The van der Waals surface area contributed by atoms with Crippen LogP contribution in [0.5, 0.6) is 0 Å². The lowest BCUT2D eigenvalue weighted by Gasteiger charge is -2.16. The number of amides is 1. The van der Waals surface area contributed by atoms with Gasteiger partial charge in [-0.25, -0.2) is 9.59 Å². The molecule has 8 heteroatoms. The highest BCUT2D eigenvalue weighted by Gasteiger charge is 2.17. The van der Waals surface area contributed by atoms with E-state index in [0.717, 1.165) is 22.9 Å². The minimum atomic E-state index is -0.778. The highest BCUT2D eigenvalue weighted by atomic mass is 16.5. The zero-order valence-corrected chi connectivity index (χ0v) is 16.7. The Labute approximate surface area is 168 Å². The van der Waals surface area contributed by atoms with Crippen molar-refractivity contribution < 1.29 is 23.9 Å². The van der Waals surface area contributed by atoms with E-state index < -0.39 is 17.8 Å². The molecular formula is C21H23N3O5. The summed E-state index contributed by atoms with van der Waals surface area (Å²) in [4.78, 5) is 36.2. The van der Waals surface area contributed by atoms with Crippen LogP contribution in [0.25, 0.3) is 0 Å². The summed E-state index contributed by atoms with van der Waals surface area (Å²) < 4.78 is 9.22. The number of aryl methyl sites for hydroxylation is 2. The molecule has 0 saturated heterocycles. The molecule has 0 aliphatic rings. The van der Waals surface area contributed by atoms with Gasteiger partial charge < -0.3 is 14.8 Å². The summed E-state index contributed by atoms with van der Waals surface area (Å²) in [5.74, 6) is -1.95. The summed E-state index contributed by atoms with van der Waals surface area (Å²) in [6.45, 7) is 3.86. The predicted molar refractivity (Wildman–Crippen MR) is 109 cm³/mol. The molecule has 3 N–H and O–H groups in total. The van der Waals surface area contributed by atoms with Gasteiger partial charge in [0.15, 0.2) is 0 Å². The van der Waals surface area contributed by atoms with E-state index in [2.05, 4.69) is 25.6 Å². The molecule has 0 spiro atoms. The minimum absolute atomic E-state index is 0.165. The molecule has 0 bridgehead atoms. The summed E-state index contributed by atoms with van der Waals surface area (Å²) in [6, 6.07) is 12.3. The number of benzene rings is 2. The zero-order valence-electron chi connectivity index (χ0n) is 16.7. The molecule has 0 aromatic heterocycles. The lowest BCUT2D eigenvalue weighted by molar-refractivity contribution is -0.138. The summed E-state index contributed by atoms with van der Waals surface area (Å²) >= 11 is 0. The first-order valence-electron chi connectivity index (χ1n) is 8.74. The smallest absolute Gasteiger partial charge is 0.354 e. The van der Waals surface area contributed by atoms with Crippen LogP contribution < -0.4 is 16.2 Å². The number of hydrazine groups is 1. The van der Waals surface area contributed by atoms with Crippen molar-refractivity contribution in [3.05, 3.63) is 70.9 Å². The van der Waals surface area contributed by atoms with Gasteiger partial charge in [0.1, 0.15) is 5.70 Å². The van der Waals surface area contributed by atoms with Crippen molar-refractivity contribution in [1.82, 2.24) is 5.43 Å². The molecule has 29 heavy (non-hydrogen) atoms. The number of anilines is 2. The van der Waals surface area contributed by atoms with Gasteiger partial charge in [-0.3, -0.25) is 15.6 Å². The number of hydrogen-bond donors (Lipinski definition) is 3. The lowest BCUT2D eigenvalue weighted by atomic mass is 10.1. The van der Waals surface area contributed by atoms with Gasteiger partial charge in [-0.05, 0) is 37.1 Å². The number of esters is 2. The normalized spacial score (nSPS) is 10.7. The van der Waals surface area contributed by atoms with Crippen molar-refractivity contribution in [2.45, 2.75) is 13.8 Å². The summed E-state index contributed by atoms with van der Waals surface area (Å²) in [5, 5.41) is 2.76. The molecule has 2 aromatic carbocycles. The van der Waals surface area contributed by atoms with Crippen LogP contribution in [0.3, 0.4) is 0 Å². The van der Waals surface area contributed by atoms with Gasteiger partial charge in [0.05, 0.1) is 37.2 Å². The zero-order chi connectivity index (χ0) is 21.4. The number of para-hydroxylation sites is 2. The molecule has 0 saturated carbocycles. The first-order valence-corrected chi connectivity index (χ1v) is 8.74. The molecule has 0 radical (unpaired) electrons. The van der Waals surface area contributed by atoms with Gasteiger partial charge in [0.2, 0.25) is 0 Å². The maximum Gasteiger partial charge on any atom is 0.354 e. The van der Waals surface area contributed by atoms with Crippen LogP contribution in [0.4, 0.5) is 11.4 Å². The Morgan fingerprint density at radius 1 is 0.897 bits per heavy atom. The summed E-state index contributed by atoms with van der Waals surface area (Å²) in [7, 11) is 2.37. The van der Waals surface area contributed by atoms with Crippen molar-refractivity contribution >= 4 is 29.2 Å². The van der Waals surface area contributed by atoms with Gasteiger partial charge in [-0.2, -0.15) is 0 Å². The Balaban J connectivity index is 2.25. The molecule has 0 atom stereocenters. The number of hydrogen-bond acceptors (Lipinski definition) is 7. The number of ether oxygens (including phenoxy) is 2. The highest BCUT2D eigenvalue weighted by molar-refractivity contribution is 6.03. The Hall–Kier alpha value is -3.81. The molecule has 0 aliphatic heterocycles. The Morgan fingerprint density at radius 2 is 1.55 bits per heavy atom. The standard InChI is InChI=1S/C21H23N3O5/c1-13-8-7-9-14(2)19(13)23-24-20(26)15-10-5-6-11-16(15)22-17(21(27)29-4)12-18(25)28-3/h5-12,22-23H,1-4H3,(H,24,26)/b17-12+. The molecule has 2 aromatic rings. The fourth-order valence-electron chi connectivity index (χ4n) is 2.57. The van der Waals surface area contributed by atoms with Gasteiger partial charge in [-0.1, -0.05) is 30.3 Å². The van der Waals surface area contributed by atoms with Crippen molar-refractivity contribution in [3.8, 4) is 0 Å². The second-order valence-corrected chi connectivity index (χ2v) is 6.09. The van der Waals surface area contributed by atoms with E-state index >= 15 is 0 Å². The summed E-state index contributed by atoms with van der Waals surface area (Å²) in [6.07, 6.45) is 0.954. The fourth-order valence-corrected chi connectivity index (χ4v) is 2.57. The average molecular weight is 397 g/mol. The Kier molecular flexibility index (Phi) is 7.36. The highest BCUT2D eigenvalue weighted by Crippen LogP contribution is 2.20. The monoisotopic (exact) mass is 397 g/mol. The van der Waals surface area contributed by atoms with Gasteiger partial charge >= 0.3 is 11.9 Å². The Morgan fingerprint density at radius 3 is 2.17 bits per heavy atom. The maximum atomic E-state index is 12.7. The molecular weight excluding hydrogens is 374 g/mol. The van der Waals surface area contributed by atoms with Crippen molar-refractivity contribution in [3.63, 3.8) is 0 Å². The predicted octanol–water partition coefficient (Wildman–Crippen LogP) is 2.70. The third-order valence-electron chi connectivity index (χ3n) is 4.09. The number of carbonyl (C=O) groups is 3. The lowest BCUT2D eigenvalue weighted by Crippen LogP contribution is -2.31. The molecule has 0 heterocycles. The molecule has 8 nitrogen and oxygen atoms in total. The van der Waals surface area contributed by atoms with Crippen LogP contribution in [0, 0.1) is 13.8 Å². The average Bonchev–Trinajstić information content (AvgIpc) is 2.72. The molecule has 152 valence electrons. The molecule has 0 fully saturated rings. The van der Waals surface area contributed by atoms with E-state index in [0.29, 0.717) is 5.69 Å². The van der Waals surface area contributed by atoms with Crippen LogP contribution in [-0.4, -0.2) is 32.1 Å². The fraction of sp³-hybridized carbons (Fsp3) is 0.190. The quantitative estimate of drug-likeness (QED) is 0.375. The molecule has 0 unspecified atom stereocenters. The number of nitrogens with one attached hydrogen (secondary N) is 3. The molecule has 1 amide bonds. The van der Waals surface area contributed by atoms with Gasteiger partial charge in [0.25, 0.3) is 5.91 Å². The van der Waals surface area contributed by atoms with Gasteiger partial charge in [0, 0.05) is 0 Å². The molecule has 0 aliphatic carbocycles. The molecule has 2 rings (SSSR count). The van der Waals surface area contributed by atoms with E-state index in [-0.39, 0.29) is 11.3 Å². The maximum absolute atomic E-state index is 12.7. The minimum Gasteiger partial charge on any atom is -0.466 e. The van der Waals surface area contributed by atoms with E-state index in [1.54, 1.807) is 24.3 Å². The van der Waals surface area contributed by atoms with Crippen LogP contribution in [0.15, 0.2) is 54.2 Å². The van der Waals surface area contributed by atoms with Crippen molar-refractivity contribution in [1.29, 1.82) is 0 Å². The van der Waals surface area contributed by atoms with Crippen LogP contribution in [0.1, 0.15) is 21.5 Å².